The number of amides is 4. The molecule has 4 heterocycles. The first kappa shape index (κ1) is 41.1. The van der Waals surface area contributed by atoms with Crippen molar-refractivity contribution < 1.29 is 37.5 Å². The number of phenolic OH excluding ortho intramolecular Hbond substituents is 1. The van der Waals surface area contributed by atoms with Gasteiger partial charge in [-0.2, -0.15) is 18.2 Å². The fourth-order valence-corrected chi connectivity index (χ4v) is 11.2. The Morgan fingerprint density at radius 1 is 0.885 bits per heavy atom. The van der Waals surface area contributed by atoms with E-state index in [0.29, 0.717) is 65.5 Å². The number of carbonyl (C=O) groups is 4. The van der Waals surface area contributed by atoms with E-state index in [-0.39, 0.29) is 42.3 Å². The predicted octanol–water partition coefficient (Wildman–Crippen LogP) is 8.38. The van der Waals surface area contributed by atoms with Crippen LogP contribution in [0.2, 0.25) is 10.0 Å². The number of pyridine rings is 1. The van der Waals surface area contributed by atoms with Gasteiger partial charge in [-0.3, -0.25) is 34.4 Å². The molecule has 3 aromatic carbocycles. The number of aromatic nitrogens is 1. The van der Waals surface area contributed by atoms with E-state index < -0.39 is 63.6 Å². The molecule has 0 radical (unpaired) electrons. The number of nitrogens with zero attached hydrogens (tertiary/aromatic N) is 4. The lowest BCUT2D eigenvalue weighted by molar-refractivity contribution is -0.144. The highest BCUT2D eigenvalue weighted by Gasteiger charge is 2.70. The lowest BCUT2D eigenvalue weighted by Crippen LogP contribution is -2.53. The molecule has 0 spiro atoms. The summed E-state index contributed by atoms with van der Waals surface area (Å²) >= 11 is 12.7. The van der Waals surface area contributed by atoms with Gasteiger partial charge in [0.25, 0.3) is 11.8 Å². The quantitative estimate of drug-likeness (QED) is 0.140. The monoisotopic (exact) mass is 871 g/mol. The molecule has 3 aliphatic heterocycles. The molecule has 4 aromatic rings. The number of fused-ring (bicyclic) bond motifs is 4. The molecule has 0 unspecified atom stereocenters. The van der Waals surface area contributed by atoms with E-state index >= 15 is 9.59 Å². The number of nitrogens with one attached hydrogen (secondary N) is 1. The van der Waals surface area contributed by atoms with E-state index in [4.69, 9.17) is 23.2 Å². The molecule has 9 rings (SSSR count). The molecular weight excluding hydrogens is 830 g/mol. The van der Waals surface area contributed by atoms with Crippen LogP contribution in [-0.2, 0) is 37.3 Å². The van der Waals surface area contributed by atoms with Crippen LogP contribution in [0.15, 0.2) is 90.6 Å². The molecular formula is C46H42Cl2F3N5O5. The number of alkyl halides is 3. The van der Waals surface area contributed by atoms with Gasteiger partial charge >= 0.3 is 6.18 Å². The number of hydrogen-bond acceptors (Lipinski definition) is 8. The minimum Gasteiger partial charge on any atom is -0.507 e. The van der Waals surface area contributed by atoms with Crippen molar-refractivity contribution in [3.8, 4) is 5.75 Å². The largest absolute Gasteiger partial charge is 0.507 e. The summed E-state index contributed by atoms with van der Waals surface area (Å²) in [5, 5.41) is 11.6. The molecule has 6 atom stereocenters. The summed E-state index contributed by atoms with van der Waals surface area (Å²) in [4.78, 5) is 67.5. The second kappa shape index (κ2) is 15.3. The number of halogens is 5. The number of piperidine rings is 1. The zero-order chi connectivity index (χ0) is 43.1. The van der Waals surface area contributed by atoms with Crippen LogP contribution >= 0.6 is 23.2 Å². The van der Waals surface area contributed by atoms with Gasteiger partial charge in [0.2, 0.25) is 11.8 Å². The fourth-order valence-electron chi connectivity index (χ4n) is 10.9. The molecule has 3 saturated heterocycles. The van der Waals surface area contributed by atoms with Crippen molar-refractivity contribution >= 4 is 52.6 Å². The summed E-state index contributed by atoms with van der Waals surface area (Å²) in [6.07, 6.45) is -0.713. The standard InChI is InChI=1S/C46H42Cl2F3N5O5/c1-24-18-27(19-25(2)39(24)57)38-32-12-13-33-37(43(60)55(41(33)58)31-14-16-54(17-15-31)23-26-6-4-3-5-7-26)34(32)21-35-42(59)56(44(61)45(35,38)28-8-10-30(47)11-9-28)53-40-36(48)20-29(22-52-40)46(49,50)51/h3-12,18-20,22,31,33-35,37-38,57H,13-17,21,23H2,1-2H3,(H,52,53)/t33-,34+,35-,37-,38-,45+/m0/s1. The van der Waals surface area contributed by atoms with Gasteiger partial charge < -0.3 is 5.11 Å². The molecule has 4 amide bonds. The summed E-state index contributed by atoms with van der Waals surface area (Å²) in [6.45, 7) is 5.66. The van der Waals surface area contributed by atoms with Gasteiger partial charge in [0.1, 0.15) is 5.75 Å². The van der Waals surface area contributed by atoms with Crippen LogP contribution in [0.4, 0.5) is 19.0 Å². The molecule has 10 nitrogen and oxygen atoms in total. The maximum absolute atomic E-state index is 15.5. The Bertz CT molecular complexity index is 2470. The molecule has 1 saturated carbocycles. The number of carbonyl (C=O) groups excluding carboxylic acids is 4. The predicted molar refractivity (Wildman–Crippen MR) is 221 cm³/mol. The van der Waals surface area contributed by atoms with Crippen molar-refractivity contribution in [1.82, 2.24) is 19.8 Å². The van der Waals surface area contributed by atoms with Crippen molar-refractivity contribution in [2.75, 3.05) is 18.5 Å². The number of benzene rings is 3. The Morgan fingerprint density at radius 3 is 2.20 bits per heavy atom. The molecule has 2 N–H and O–H groups in total. The van der Waals surface area contributed by atoms with Crippen LogP contribution in [-0.4, -0.2) is 67.7 Å². The zero-order valence-corrected chi connectivity index (χ0v) is 34.8. The summed E-state index contributed by atoms with van der Waals surface area (Å²) in [5.74, 6) is -6.32. The zero-order valence-electron chi connectivity index (χ0n) is 33.3. The van der Waals surface area contributed by atoms with E-state index in [9.17, 15) is 27.9 Å². The molecule has 316 valence electrons. The number of hydrogen-bond donors (Lipinski definition) is 2. The first-order valence-electron chi connectivity index (χ1n) is 20.4. The molecule has 15 heteroatoms. The van der Waals surface area contributed by atoms with Crippen LogP contribution in [0.5, 0.6) is 5.75 Å². The highest BCUT2D eigenvalue weighted by molar-refractivity contribution is 6.33. The minimum absolute atomic E-state index is 0.0154. The van der Waals surface area contributed by atoms with Gasteiger partial charge in [-0.1, -0.05) is 89.4 Å². The Hall–Kier alpha value is -5.24. The van der Waals surface area contributed by atoms with Crippen molar-refractivity contribution in [1.29, 1.82) is 0 Å². The van der Waals surface area contributed by atoms with Gasteiger partial charge in [0, 0.05) is 42.8 Å². The van der Waals surface area contributed by atoms with Gasteiger partial charge in [-0.05, 0) is 91.5 Å². The lowest BCUT2D eigenvalue weighted by atomic mass is 9.49. The van der Waals surface area contributed by atoms with Crippen LogP contribution < -0.4 is 5.43 Å². The summed E-state index contributed by atoms with van der Waals surface area (Å²) < 4.78 is 40.7. The maximum atomic E-state index is 15.5. The highest BCUT2D eigenvalue weighted by atomic mass is 35.5. The van der Waals surface area contributed by atoms with Gasteiger partial charge in [0.15, 0.2) is 5.82 Å². The van der Waals surface area contributed by atoms with Crippen molar-refractivity contribution in [3.63, 3.8) is 0 Å². The maximum Gasteiger partial charge on any atom is 0.417 e. The number of rotatable bonds is 7. The Labute approximate surface area is 360 Å². The van der Waals surface area contributed by atoms with E-state index in [0.717, 1.165) is 17.1 Å². The third-order valence-corrected chi connectivity index (χ3v) is 14.1. The third-order valence-electron chi connectivity index (χ3n) is 13.6. The number of imide groups is 2. The number of hydrazine groups is 1. The molecule has 1 aromatic heterocycles. The first-order chi connectivity index (χ1) is 29.1. The van der Waals surface area contributed by atoms with Crippen molar-refractivity contribution in [2.24, 2.45) is 23.7 Å². The molecule has 5 aliphatic rings. The second-order valence-electron chi connectivity index (χ2n) is 17.0. The SMILES string of the molecule is Cc1cc([C@H]2C3=CC[C@@H]4C(=O)N(C5CCN(Cc6ccccc6)CC5)C(=O)[C@@H]4[C@@H]3C[C@H]3C(=O)N(Nc4ncc(C(F)(F)F)cc4Cl)C(=O)[C@@]23c2ccc(Cl)cc2)cc(C)c1O. The number of aryl methyl sites for hydroxylation is 2. The number of likely N-dealkylation sites (tertiary alicyclic amines) is 2. The van der Waals surface area contributed by atoms with Crippen molar-refractivity contribution in [3.05, 3.63) is 134 Å². The summed E-state index contributed by atoms with van der Waals surface area (Å²) in [5.41, 5.74) is 3.90. The Kier molecular flexibility index (Phi) is 10.3. The van der Waals surface area contributed by atoms with Crippen LogP contribution in [0.3, 0.4) is 0 Å². The lowest BCUT2D eigenvalue weighted by Gasteiger charge is -2.50. The number of allylic oxidation sites excluding steroid dienone is 2. The average molecular weight is 873 g/mol. The number of aromatic hydroxyl groups is 1. The van der Waals surface area contributed by atoms with Crippen LogP contribution in [0, 0.1) is 37.5 Å². The normalized spacial score (nSPS) is 26.9. The Morgan fingerprint density at radius 2 is 1.56 bits per heavy atom. The fraction of sp³-hybridized carbons (Fsp3) is 0.370. The smallest absolute Gasteiger partial charge is 0.417 e. The summed E-state index contributed by atoms with van der Waals surface area (Å²) in [6, 6.07) is 20.7. The van der Waals surface area contributed by atoms with E-state index in [1.54, 1.807) is 50.2 Å². The summed E-state index contributed by atoms with van der Waals surface area (Å²) in [7, 11) is 0. The third kappa shape index (κ3) is 6.71. The van der Waals surface area contributed by atoms with E-state index in [1.165, 1.54) is 10.5 Å². The van der Waals surface area contributed by atoms with Crippen LogP contribution in [0.1, 0.15) is 65.0 Å². The van der Waals surface area contributed by atoms with Gasteiger partial charge in [-0.25, -0.2) is 4.98 Å². The molecule has 2 aliphatic carbocycles. The second-order valence-corrected chi connectivity index (χ2v) is 17.8. The molecule has 0 bridgehead atoms. The van der Waals surface area contributed by atoms with Gasteiger partial charge in [-0.15, -0.1) is 0 Å². The Balaban J connectivity index is 1.13. The molecule has 61 heavy (non-hydrogen) atoms. The van der Waals surface area contributed by atoms with Gasteiger partial charge in [0.05, 0.1) is 33.8 Å². The highest BCUT2D eigenvalue weighted by Crippen LogP contribution is 2.64. The first-order valence-corrected chi connectivity index (χ1v) is 21.1. The number of phenols is 1. The minimum atomic E-state index is -4.74. The van der Waals surface area contributed by atoms with E-state index in [1.807, 2.05) is 24.3 Å². The molecule has 4 fully saturated rings. The topological polar surface area (TPSA) is 123 Å². The van der Waals surface area contributed by atoms with Crippen molar-refractivity contribution in [2.45, 2.75) is 69.6 Å². The average Bonchev–Trinajstić information content (AvgIpc) is 3.61. The van der Waals surface area contributed by atoms with Crippen LogP contribution in [0.25, 0.3) is 0 Å². The number of anilines is 1. The van der Waals surface area contributed by atoms with E-state index in [2.05, 4.69) is 27.4 Å².